The maximum absolute atomic E-state index is 10.6. The first kappa shape index (κ1) is 8.06. The molecule has 0 bridgehead atoms. The number of hydrogen-bond donors (Lipinski definition) is 1. The zero-order chi connectivity index (χ0) is 9.26. The molecule has 1 aliphatic rings. The Morgan fingerprint density at radius 1 is 1.46 bits per heavy atom. The highest BCUT2D eigenvalue weighted by molar-refractivity contribution is 7.75. The topological polar surface area (TPSA) is 73.9 Å². The van der Waals surface area contributed by atoms with E-state index < -0.39 is 11.4 Å². The number of rotatable bonds is 1. The van der Waals surface area contributed by atoms with Gasteiger partial charge in [-0.1, -0.05) is 6.07 Å². The molecule has 6 heteroatoms. The number of anilines is 1. The smallest absolute Gasteiger partial charge is 0.399 e. The predicted octanol–water partition coefficient (Wildman–Crippen LogP) is 0.556. The zero-order valence-corrected chi connectivity index (χ0v) is 7.28. The molecule has 0 spiro atoms. The fourth-order valence-electron chi connectivity index (χ4n) is 0.932. The summed E-state index contributed by atoms with van der Waals surface area (Å²) < 4.78 is 19.7. The number of oxime groups is 1. The van der Waals surface area contributed by atoms with Crippen LogP contribution in [0.4, 0.5) is 5.69 Å². The maximum Gasteiger partial charge on any atom is 0.441 e. The van der Waals surface area contributed by atoms with Crippen molar-refractivity contribution >= 4 is 22.9 Å². The van der Waals surface area contributed by atoms with Gasteiger partial charge in [0.25, 0.3) is 5.90 Å². The highest BCUT2D eigenvalue weighted by Gasteiger charge is 2.19. The van der Waals surface area contributed by atoms with Gasteiger partial charge in [-0.25, -0.2) is 0 Å². The molecule has 0 aliphatic carbocycles. The molecule has 0 fully saturated rings. The molecule has 0 radical (unpaired) electrons. The zero-order valence-electron chi connectivity index (χ0n) is 6.47. The van der Waals surface area contributed by atoms with Crippen LogP contribution in [0.25, 0.3) is 0 Å². The van der Waals surface area contributed by atoms with Gasteiger partial charge >= 0.3 is 11.4 Å². The van der Waals surface area contributed by atoms with Crippen molar-refractivity contribution in [2.45, 2.75) is 0 Å². The van der Waals surface area contributed by atoms with Gasteiger partial charge in [0.15, 0.2) is 0 Å². The van der Waals surface area contributed by atoms with Crippen LogP contribution in [-0.4, -0.2) is 10.1 Å². The van der Waals surface area contributed by atoms with Crippen molar-refractivity contribution < 1.29 is 12.7 Å². The van der Waals surface area contributed by atoms with E-state index in [4.69, 9.17) is 9.92 Å². The summed E-state index contributed by atoms with van der Waals surface area (Å²) >= 11 is -1.80. The van der Waals surface area contributed by atoms with Crippen LogP contribution in [0.15, 0.2) is 29.4 Å². The molecule has 1 aromatic carbocycles. The Labute approximate surface area is 77.0 Å². The summed E-state index contributed by atoms with van der Waals surface area (Å²) in [6.07, 6.45) is 0. The fraction of sp³-hybridized carbons (Fsp3) is 0. The number of hydrogen-bond acceptors (Lipinski definition) is 5. The third-order valence-electron chi connectivity index (χ3n) is 1.46. The summed E-state index contributed by atoms with van der Waals surface area (Å²) in [4.78, 5) is 0. The van der Waals surface area contributed by atoms with E-state index in [2.05, 4.69) is 9.44 Å². The van der Waals surface area contributed by atoms with E-state index in [1.54, 1.807) is 24.3 Å². The monoisotopic (exact) mass is 198 g/mol. The Balaban J connectivity index is 2.31. The van der Waals surface area contributed by atoms with E-state index in [9.17, 15) is 4.21 Å². The van der Waals surface area contributed by atoms with Gasteiger partial charge in [0, 0.05) is 11.3 Å². The SMILES string of the molecule is Nc1cccc(C2=NOS(=O)O2)c1. The Kier molecular flexibility index (Phi) is 1.90. The summed E-state index contributed by atoms with van der Waals surface area (Å²) in [6.45, 7) is 0. The second kappa shape index (κ2) is 3.06. The van der Waals surface area contributed by atoms with Crippen LogP contribution in [0.2, 0.25) is 0 Å². The van der Waals surface area contributed by atoms with Crippen LogP contribution in [0, 0.1) is 0 Å². The summed E-state index contributed by atoms with van der Waals surface area (Å²) in [5.74, 6) is 0.186. The van der Waals surface area contributed by atoms with E-state index in [1.165, 1.54) is 0 Å². The van der Waals surface area contributed by atoms with E-state index in [0.717, 1.165) is 0 Å². The van der Waals surface area contributed by atoms with Crippen LogP contribution in [0.1, 0.15) is 5.56 Å². The Morgan fingerprint density at radius 2 is 2.31 bits per heavy atom. The highest BCUT2D eigenvalue weighted by Crippen LogP contribution is 2.14. The van der Waals surface area contributed by atoms with Gasteiger partial charge in [-0.05, 0) is 23.4 Å². The van der Waals surface area contributed by atoms with Crippen molar-refractivity contribution in [3.63, 3.8) is 0 Å². The summed E-state index contributed by atoms with van der Waals surface area (Å²) in [7, 11) is 0. The van der Waals surface area contributed by atoms with E-state index >= 15 is 0 Å². The van der Waals surface area contributed by atoms with Crippen LogP contribution >= 0.6 is 0 Å². The molecule has 68 valence electrons. The van der Waals surface area contributed by atoms with Gasteiger partial charge in [0.2, 0.25) is 0 Å². The van der Waals surface area contributed by atoms with E-state index in [0.29, 0.717) is 11.3 Å². The largest absolute Gasteiger partial charge is 0.441 e. The number of benzene rings is 1. The van der Waals surface area contributed by atoms with Crippen LogP contribution in [-0.2, 0) is 19.8 Å². The summed E-state index contributed by atoms with van der Waals surface area (Å²) in [5, 5.41) is 3.47. The molecule has 0 saturated carbocycles. The lowest BCUT2D eigenvalue weighted by molar-refractivity contribution is 0.371. The molecule has 13 heavy (non-hydrogen) atoms. The first-order chi connectivity index (χ1) is 6.25. The number of nitrogens with two attached hydrogens (primary N) is 1. The van der Waals surface area contributed by atoms with Crippen molar-refractivity contribution in [2.75, 3.05) is 5.73 Å². The molecule has 2 N–H and O–H groups in total. The minimum atomic E-state index is -1.80. The Hall–Kier alpha value is -1.56. The third kappa shape index (κ3) is 1.62. The maximum atomic E-state index is 10.6. The lowest BCUT2D eigenvalue weighted by Gasteiger charge is -1.97. The molecule has 1 aliphatic heterocycles. The molecule has 0 saturated heterocycles. The molecule has 1 aromatic rings. The fourth-order valence-corrected chi connectivity index (χ4v) is 1.35. The van der Waals surface area contributed by atoms with Crippen LogP contribution in [0.5, 0.6) is 0 Å². The molecule has 2 rings (SSSR count). The summed E-state index contributed by atoms with van der Waals surface area (Å²) in [6, 6.07) is 6.88. The van der Waals surface area contributed by atoms with Crippen molar-refractivity contribution in [2.24, 2.45) is 5.16 Å². The molecule has 0 aromatic heterocycles. The normalized spacial score (nSPS) is 20.3. The van der Waals surface area contributed by atoms with Crippen molar-refractivity contribution in [1.29, 1.82) is 0 Å². The van der Waals surface area contributed by atoms with Crippen molar-refractivity contribution in [3.8, 4) is 0 Å². The third-order valence-corrected chi connectivity index (χ3v) is 1.95. The quantitative estimate of drug-likeness (QED) is 0.669. The van der Waals surface area contributed by atoms with E-state index in [1.807, 2.05) is 0 Å². The van der Waals surface area contributed by atoms with Gasteiger partial charge < -0.3 is 9.92 Å². The second-order valence-corrected chi connectivity index (χ2v) is 3.11. The van der Waals surface area contributed by atoms with Gasteiger partial charge in [0.05, 0.1) is 0 Å². The molecular weight excluding hydrogens is 192 g/mol. The minimum absolute atomic E-state index is 0.186. The van der Waals surface area contributed by atoms with Crippen LogP contribution in [0.3, 0.4) is 0 Å². The van der Waals surface area contributed by atoms with Crippen molar-refractivity contribution in [1.82, 2.24) is 0 Å². The van der Waals surface area contributed by atoms with Gasteiger partial charge in [-0.3, -0.25) is 4.28 Å². The highest BCUT2D eigenvalue weighted by atomic mass is 32.2. The molecule has 1 atom stereocenters. The lowest BCUT2D eigenvalue weighted by Crippen LogP contribution is -2.02. The molecule has 0 amide bonds. The first-order valence-electron chi connectivity index (χ1n) is 3.47. The van der Waals surface area contributed by atoms with Gasteiger partial charge in [-0.15, -0.1) is 0 Å². The summed E-state index contributed by atoms with van der Waals surface area (Å²) in [5.41, 5.74) is 6.76. The van der Waals surface area contributed by atoms with Gasteiger partial charge in [0.1, 0.15) is 0 Å². The predicted molar refractivity (Wildman–Crippen MR) is 47.7 cm³/mol. The van der Waals surface area contributed by atoms with Crippen molar-refractivity contribution in [3.05, 3.63) is 29.8 Å². The molecule has 1 unspecified atom stereocenters. The van der Waals surface area contributed by atoms with E-state index in [-0.39, 0.29) is 5.90 Å². The lowest BCUT2D eigenvalue weighted by atomic mass is 10.2. The standard InChI is InChI=1S/C7H6N2O3S/c8-6-3-1-2-5(4-6)7-9-12-13(10)11-7/h1-4H,8H2. The molecular formula is C7H6N2O3S. The second-order valence-electron chi connectivity index (χ2n) is 2.38. The number of nitrogen functional groups attached to an aromatic ring is 1. The Morgan fingerprint density at radius 3 is 2.92 bits per heavy atom. The molecule has 1 heterocycles. The molecule has 5 nitrogen and oxygen atoms in total. The van der Waals surface area contributed by atoms with Crippen LogP contribution < -0.4 is 5.73 Å². The number of nitrogens with zero attached hydrogens (tertiary/aromatic N) is 1. The Bertz CT molecular complexity index is 391. The first-order valence-corrected chi connectivity index (χ1v) is 4.47. The average Bonchev–Trinajstić information content (AvgIpc) is 2.52. The minimum Gasteiger partial charge on any atom is -0.399 e. The average molecular weight is 198 g/mol. The van der Waals surface area contributed by atoms with Gasteiger partial charge in [-0.2, -0.15) is 4.21 Å².